The molecule has 0 aliphatic carbocycles. The summed E-state index contributed by atoms with van der Waals surface area (Å²) in [4.78, 5) is 10.4. The molecule has 0 aromatic heterocycles. The van der Waals surface area contributed by atoms with Crippen LogP contribution < -0.4 is 15.2 Å². The Labute approximate surface area is 115 Å². The molecule has 0 fully saturated rings. The van der Waals surface area contributed by atoms with Gasteiger partial charge in [0.05, 0.1) is 19.1 Å². The zero-order valence-electron chi connectivity index (χ0n) is 11.1. The van der Waals surface area contributed by atoms with E-state index in [9.17, 15) is 10.1 Å². The van der Waals surface area contributed by atoms with E-state index in [1.165, 1.54) is 12.1 Å². The van der Waals surface area contributed by atoms with Gasteiger partial charge in [0.2, 0.25) is 0 Å². The SMILES string of the molecule is COc1cc(OC)cc(-c2ccc(N)c([N+](=O)[O-])c2)c1. The third-order valence-corrected chi connectivity index (χ3v) is 2.91. The van der Waals surface area contributed by atoms with Crippen LogP contribution in [0.15, 0.2) is 36.4 Å². The zero-order valence-corrected chi connectivity index (χ0v) is 11.1. The van der Waals surface area contributed by atoms with Crippen LogP contribution in [0.3, 0.4) is 0 Å². The monoisotopic (exact) mass is 274 g/mol. The summed E-state index contributed by atoms with van der Waals surface area (Å²) < 4.78 is 10.4. The number of nitro groups is 1. The third kappa shape index (κ3) is 2.64. The Bertz CT molecular complexity index is 633. The smallest absolute Gasteiger partial charge is 0.292 e. The lowest BCUT2D eigenvalue weighted by Gasteiger charge is -2.09. The highest BCUT2D eigenvalue weighted by atomic mass is 16.6. The number of anilines is 1. The van der Waals surface area contributed by atoms with Gasteiger partial charge >= 0.3 is 0 Å². The van der Waals surface area contributed by atoms with Crippen molar-refractivity contribution in [2.45, 2.75) is 0 Å². The summed E-state index contributed by atoms with van der Waals surface area (Å²) in [5.41, 5.74) is 7.03. The molecule has 0 aliphatic rings. The number of hydrogen-bond donors (Lipinski definition) is 1. The standard InChI is InChI=1S/C14H14N2O4/c1-19-11-5-10(6-12(8-11)20-2)9-3-4-13(15)14(7-9)16(17)18/h3-8H,15H2,1-2H3. The highest BCUT2D eigenvalue weighted by Crippen LogP contribution is 2.33. The number of hydrogen-bond acceptors (Lipinski definition) is 5. The summed E-state index contributed by atoms with van der Waals surface area (Å²) in [5, 5.41) is 10.9. The highest BCUT2D eigenvalue weighted by Gasteiger charge is 2.13. The van der Waals surface area contributed by atoms with Crippen LogP contribution in [0.5, 0.6) is 11.5 Å². The number of nitrogens with zero attached hydrogens (tertiary/aromatic N) is 1. The van der Waals surface area contributed by atoms with Crippen molar-refractivity contribution in [3.05, 3.63) is 46.5 Å². The highest BCUT2D eigenvalue weighted by molar-refractivity contribution is 5.74. The molecule has 6 nitrogen and oxygen atoms in total. The quantitative estimate of drug-likeness (QED) is 0.526. The summed E-state index contributed by atoms with van der Waals surface area (Å²) in [7, 11) is 3.09. The number of nitro benzene ring substituents is 1. The minimum atomic E-state index is -0.504. The Morgan fingerprint density at radius 1 is 1.00 bits per heavy atom. The van der Waals surface area contributed by atoms with Crippen molar-refractivity contribution < 1.29 is 14.4 Å². The van der Waals surface area contributed by atoms with Gasteiger partial charge in [0.1, 0.15) is 17.2 Å². The van der Waals surface area contributed by atoms with Crippen LogP contribution in [0.4, 0.5) is 11.4 Å². The fourth-order valence-corrected chi connectivity index (χ4v) is 1.86. The van der Waals surface area contributed by atoms with Gasteiger partial charge in [-0.3, -0.25) is 10.1 Å². The lowest BCUT2D eigenvalue weighted by molar-refractivity contribution is -0.383. The summed E-state index contributed by atoms with van der Waals surface area (Å²) >= 11 is 0. The van der Waals surface area contributed by atoms with Gasteiger partial charge < -0.3 is 15.2 Å². The van der Waals surface area contributed by atoms with E-state index >= 15 is 0 Å². The van der Waals surface area contributed by atoms with Crippen LogP contribution in [0, 0.1) is 10.1 Å². The molecule has 2 rings (SSSR count). The first-order valence-corrected chi connectivity index (χ1v) is 5.82. The normalized spacial score (nSPS) is 10.1. The lowest BCUT2D eigenvalue weighted by Crippen LogP contribution is -1.96. The number of ether oxygens (including phenoxy) is 2. The van der Waals surface area contributed by atoms with Crippen molar-refractivity contribution >= 4 is 11.4 Å². The van der Waals surface area contributed by atoms with Crippen LogP contribution in [0.2, 0.25) is 0 Å². The molecule has 0 aliphatic heterocycles. The van der Waals surface area contributed by atoms with E-state index < -0.39 is 4.92 Å². The van der Waals surface area contributed by atoms with Crippen LogP contribution in [-0.4, -0.2) is 19.1 Å². The molecule has 20 heavy (non-hydrogen) atoms. The zero-order chi connectivity index (χ0) is 14.7. The molecule has 0 unspecified atom stereocenters. The van der Waals surface area contributed by atoms with Crippen molar-refractivity contribution in [3.63, 3.8) is 0 Å². The van der Waals surface area contributed by atoms with Gasteiger partial charge in [-0.25, -0.2) is 0 Å². The van der Waals surface area contributed by atoms with E-state index in [2.05, 4.69) is 0 Å². The van der Waals surface area contributed by atoms with Crippen LogP contribution >= 0.6 is 0 Å². The molecule has 0 saturated heterocycles. The number of nitrogens with two attached hydrogens (primary N) is 1. The second-order valence-corrected chi connectivity index (χ2v) is 4.13. The number of benzene rings is 2. The second-order valence-electron chi connectivity index (χ2n) is 4.13. The second kappa shape index (κ2) is 5.48. The maximum absolute atomic E-state index is 10.9. The average molecular weight is 274 g/mol. The van der Waals surface area contributed by atoms with Gasteiger partial charge in [-0.1, -0.05) is 6.07 Å². The van der Waals surface area contributed by atoms with Crippen LogP contribution in [-0.2, 0) is 0 Å². The molecular weight excluding hydrogens is 260 g/mol. The minimum absolute atomic E-state index is 0.121. The van der Waals surface area contributed by atoms with Crippen LogP contribution in [0.25, 0.3) is 11.1 Å². The Morgan fingerprint density at radius 2 is 1.60 bits per heavy atom. The minimum Gasteiger partial charge on any atom is -0.497 e. The summed E-state index contributed by atoms with van der Waals surface area (Å²) in [5.74, 6) is 1.22. The van der Waals surface area contributed by atoms with Gasteiger partial charge in [0.25, 0.3) is 5.69 Å². The first-order valence-electron chi connectivity index (χ1n) is 5.82. The number of nitrogen functional groups attached to an aromatic ring is 1. The molecule has 0 bridgehead atoms. The molecule has 2 aromatic carbocycles. The average Bonchev–Trinajstić information content (AvgIpc) is 2.46. The van der Waals surface area contributed by atoms with Crippen molar-refractivity contribution in [1.29, 1.82) is 0 Å². The van der Waals surface area contributed by atoms with Crippen molar-refractivity contribution in [3.8, 4) is 22.6 Å². The molecule has 6 heteroatoms. The van der Waals surface area contributed by atoms with Crippen molar-refractivity contribution in [2.75, 3.05) is 20.0 Å². The topological polar surface area (TPSA) is 87.6 Å². The number of rotatable bonds is 4. The Kier molecular flexibility index (Phi) is 3.74. The molecule has 0 heterocycles. The Morgan fingerprint density at radius 3 is 2.10 bits per heavy atom. The maximum atomic E-state index is 10.9. The van der Waals surface area contributed by atoms with Crippen molar-refractivity contribution in [1.82, 2.24) is 0 Å². The van der Waals surface area contributed by atoms with E-state index in [-0.39, 0.29) is 11.4 Å². The molecule has 0 spiro atoms. The molecule has 0 atom stereocenters. The summed E-state index contributed by atoms with van der Waals surface area (Å²) in [6, 6.07) is 9.95. The molecule has 2 N–H and O–H groups in total. The van der Waals surface area contributed by atoms with Gasteiger partial charge in [-0.15, -0.1) is 0 Å². The van der Waals surface area contributed by atoms with Gasteiger partial charge in [0, 0.05) is 12.1 Å². The van der Waals surface area contributed by atoms with Crippen molar-refractivity contribution in [2.24, 2.45) is 0 Å². The Balaban J connectivity index is 2.56. The van der Waals surface area contributed by atoms with E-state index in [0.29, 0.717) is 17.1 Å². The van der Waals surface area contributed by atoms with E-state index in [1.807, 2.05) is 0 Å². The predicted molar refractivity (Wildman–Crippen MR) is 76.0 cm³/mol. The first-order chi connectivity index (χ1) is 9.55. The molecule has 0 amide bonds. The summed E-state index contributed by atoms with van der Waals surface area (Å²) in [6.07, 6.45) is 0. The largest absolute Gasteiger partial charge is 0.497 e. The Hall–Kier alpha value is -2.76. The maximum Gasteiger partial charge on any atom is 0.292 e. The predicted octanol–water partition coefficient (Wildman–Crippen LogP) is 2.86. The summed E-state index contributed by atoms with van der Waals surface area (Å²) in [6.45, 7) is 0. The fraction of sp³-hybridized carbons (Fsp3) is 0.143. The van der Waals surface area contributed by atoms with E-state index in [0.717, 1.165) is 5.56 Å². The van der Waals surface area contributed by atoms with E-state index in [4.69, 9.17) is 15.2 Å². The van der Waals surface area contributed by atoms with Gasteiger partial charge in [0.15, 0.2) is 0 Å². The van der Waals surface area contributed by atoms with Gasteiger partial charge in [-0.05, 0) is 29.3 Å². The van der Waals surface area contributed by atoms with Crippen LogP contribution in [0.1, 0.15) is 0 Å². The molecular formula is C14H14N2O4. The van der Waals surface area contributed by atoms with Gasteiger partial charge in [-0.2, -0.15) is 0 Å². The fourth-order valence-electron chi connectivity index (χ4n) is 1.86. The van der Waals surface area contributed by atoms with E-state index in [1.54, 1.807) is 38.5 Å². The lowest BCUT2D eigenvalue weighted by atomic mass is 10.0. The molecule has 2 aromatic rings. The molecule has 104 valence electrons. The molecule has 0 saturated carbocycles. The molecule has 0 radical (unpaired) electrons. The number of methoxy groups -OCH3 is 2. The first kappa shape index (κ1) is 13.7. The third-order valence-electron chi connectivity index (χ3n) is 2.91.